The molecule has 3 nitrogen and oxygen atoms in total. The Labute approximate surface area is 153 Å². The lowest BCUT2D eigenvalue weighted by Gasteiger charge is -2.18. The average Bonchev–Trinajstić information content (AvgIpc) is 2.70. The zero-order valence-corrected chi connectivity index (χ0v) is 14.9. The first-order chi connectivity index (χ1) is 12.7. The first-order valence-corrected chi connectivity index (χ1v) is 9.47. The van der Waals surface area contributed by atoms with Crippen LogP contribution < -0.4 is 16.2 Å². The fraction of sp³-hybridized carbons (Fsp3) is 0.304. The van der Waals surface area contributed by atoms with Crippen molar-refractivity contribution in [3.63, 3.8) is 0 Å². The second-order valence-electron chi connectivity index (χ2n) is 7.11. The molecule has 0 heterocycles. The fourth-order valence-corrected chi connectivity index (χ4v) is 3.88. The lowest BCUT2D eigenvalue weighted by Crippen LogP contribution is -2.36. The maximum absolute atomic E-state index is 12.1. The van der Waals surface area contributed by atoms with Crippen molar-refractivity contribution in [2.45, 2.75) is 38.5 Å². The largest absolute Gasteiger partial charge is 0.381 e. The van der Waals surface area contributed by atoms with Crippen LogP contribution in [0.15, 0.2) is 58.1 Å². The van der Waals surface area contributed by atoms with E-state index in [9.17, 15) is 9.59 Å². The molecule has 0 saturated heterocycles. The number of aryl methyl sites for hydroxylation is 3. The van der Waals surface area contributed by atoms with E-state index in [2.05, 4.69) is 29.6 Å². The summed E-state index contributed by atoms with van der Waals surface area (Å²) >= 11 is 0. The molecule has 3 heteroatoms. The zero-order valence-electron chi connectivity index (χ0n) is 14.9. The van der Waals surface area contributed by atoms with E-state index >= 15 is 0 Å². The second kappa shape index (κ2) is 7.28. The van der Waals surface area contributed by atoms with Crippen molar-refractivity contribution in [3.8, 4) is 11.1 Å². The van der Waals surface area contributed by atoms with Gasteiger partial charge in [-0.1, -0.05) is 48.5 Å². The molecular weight excluding hydrogens is 322 g/mol. The van der Waals surface area contributed by atoms with Crippen LogP contribution >= 0.6 is 0 Å². The van der Waals surface area contributed by atoms with Crippen molar-refractivity contribution < 1.29 is 0 Å². The molecule has 3 aromatic carbocycles. The number of nitrogens with one attached hydrogen (secondary N) is 1. The summed E-state index contributed by atoms with van der Waals surface area (Å²) in [7, 11) is 0. The van der Waals surface area contributed by atoms with E-state index in [1.165, 1.54) is 29.5 Å². The summed E-state index contributed by atoms with van der Waals surface area (Å²) in [5.74, 6) is 0. The van der Waals surface area contributed by atoms with Crippen molar-refractivity contribution in [1.82, 2.24) is 0 Å². The van der Waals surface area contributed by atoms with E-state index in [1.807, 2.05) is 24.3 Å². The van der Waals surface area contributed by atoms with Crippen molar-refractivity contribution in [2.24, 2.45) is 0 Å². The van der Waals surface area contributed by atoms with Gasteiger partial charge in [0, 0.05) is 6.54 Å². The number of hydrogen-bond donors (Lipinski definition) is 1. The van der Waals surface area contributed by atoms with Gasteiger partial charge in [-0.3, -0.25) is 9.59 Å². The van der Waals surface area contributed by atoms with Gasteiger partial charge >= 0.3 is 0 Å². The quantitative estimate of drug-likeness (QED) is 0.545. The molecule has 0 bridgehead atoms. The van der Waals surface area contributed by atoms with Crippen molar-refractivity contribution in [2.75, 3.05) is 11.9 Å². The first kappa shape index (κ1) is 16.8. The minimum Gasteiger partial charge on any atom is -0.381 e. The molecule has 1 aliphatic carbocycles. The van der Waals surface area contributed by atoms with Crippen molar-refractivity contribution in [3.05, 3.63) is 85.7 Å². The molecule has 1 aliphatic rings. The number of rotatable bonds is 6. The molecule has 4 rings (SSSR count). The summed E-state index contributed by atoms with van der Waals surface area (Å²) in [6, 6.07) is 16.5. The molecule has 26 heavy (non-hydrogen) atoms. The van der Waals surface area contributed by atoms with Crippen molar-refractivity contribution >= 4 is 5.69 Å². The number of fused-ring (bicyclic) bond motifs is 1. The molecule has 0 radical (unpaired) electrons. The Bertz CT molecular complexity index is 981. The first-order valence-electron chi connectivity index (χ1n) is 9.47. The van der Waals surface area contributed by atoms with Gasteiger partial charge in [0.25, 0.3) is 0 Å². The van der Waals surface area contributed by atoms with E-state index in [4.69, 9.17) is 0 Å². The van der Waals surface area contributed by atoms with Gasteiger partial charge in [-0.2, -0.15) is 0 Å². The molecule has 0 spiro atoms. The van der Waals surface area contributed by atoms with Crippen LogP contribution in [0.4, 0.5) is 5.69 Å². The molecule has 0 fully saturated rings. The SMILES string of the molecule is O=c1c(NCCCc2ccccc2)c(-c2ccc3c(c2)CCCC3)c1=O. The zero-order chi connectivity index (χ0) is 17.9. The van der Waals surface area contributed by atoms with Gasteiger partial charge in [-0.25, -0.2) is 0 Å². The maximum atomic E-state index is 12.1. The Morgan fingerprint density at radius 1 is 0.846 bits per heavy atom. The summed E-state index contributed by atoms with van der Waals surface area (Å²) < 4.78 is 0. The minimum atomic E-state index is -0.377. The van der Waals surface area contributed by atoms with Crippen LogP contribution in [-0.4, -0.2) is 6.54 Å². The molecule has 0 aliphatic heterocycles. The van der Waals surface area contributed by atoms with E-state index in [-0.39, 0.29) is 10.9 Å². The topological polar surface area (TPSA) is 46.2 Å². The number of anilines is 1. The molecule has 132 valence electrons. The number of hydrogen-bond acceptors (Lipinski definition) is 3. The normalized spacial score (nSPS) is 13.5. The Morgan fingerprint density at radius 3 is 2.42 bits per heavy atom. The highest BCUT2D eigenvalue weighted by molar-refractivity contribution is 5.82. The van der Waals surface area contributed by atoms with Crippen LogP contribution in [0, 0.1) is 0 Å². The van der Waals surface area contributed by atoms with Crippen LogP contribution in [0.3, 0.4) is 0 Å². The van der Waals surface area contributed by atoms with Crippen LogP contribution in [0.2, 0.25) is 0 Å². The minimum absolute atomic E-state index is 0.355. The standard InChI is InChI=1S/C23H23NO2/c25-22-20(19-13-12-17-10-4-5-11-18(17)15-19)21(23(22)26)24-14-6-9-16-7-2-1-3-8-16/h1-3,7-8,12-13,15,24H,4-6,9-11,14H2. The highest BCUT2D eigenvalue weighted by Crippen LogP contribution is 2.29. The summed E-state index contributed by atoms with van der Waals surface area (Å²) in [6.07, 6.45) is 6.50. The Balaban J connectivity index is 1.46. The van der Waals surface area contributed by atoms with Crippen molar-refractivity contribution in [1.29, 1.82) is 0 Å². The van der Waals surface area contributed by atoms with Gasteiger partial charge in [-0.15, -0.1) is 0 Å². The highest BCUT2D eigenvalue weighted by Gasteiger charge is 2.23. The Kier molecular flexibility index (Phi) is 4.70. The average molecular weight is 345 g/mol. The third-order valence-corrected chi connectivity index (χ3v) is 5.33. The summed E-state index contributed by atoms with van der Waals surface area (Å²) in [5.41, 5.74) is 5.23. The summed E-state index contributed by atoms with van der Waals surface area (Å²) in [4.78, 5) is 24.2. The predicted molar refractivity (Wildman–Crippen MR) is 107 cm³/mol. The van der Waals surface area contributed by atoms with Gasteiger partial charge in [-0.05, 0) is 60.8 Å². The van der Waals surface area contributed by atoms with E-state index < -0.39 is 0 Å². The van der Waals surface area contributed by atoms with E-state index in [0.29, 0.717) is 17.8 Å². The highest BCUT2D eigenvalue weighted by atomic mass is 16.2. The van der Waals surface area contributed by atoms with Gasteiger partial charge in [0.05, 0.1) is 11.3 Å². The molecule has 0 atom stereocenters. The lowest BCUT2D eigenvalue weighted by molar-refractivity contribution is 0.686. The van der Waals surface area contributed by atoms with Gasteiger partial charge in [0.1, 0.15) is 0 Å². The van der Waals surface area contributed by atoms with E-state index in [0.717, 1.165) is 31.2 Å². The molecule has 0 amide bonds. The second-order valence-corrected chi connectivity index (χ2v) is 7.11. The van der Waals surface area contributed by atoms with Crippen LogP contribution in [0.25, 0.3) is 11.1 Å². The molecule has 0 saturated carbocycles. The summed E-state index contributed by atoms with van der Waals surface area (Å²) in [6.45, 7) is 0.692. The summed E-state index contributed by atoms with van der Waals surface area (Å²) in [5, 5.41) is 3.21. The van der Waals surface area contributed by atoms with Crippen LogP contribution in [-0.2, 0) is 19.3 Å². The predicted octanol–water partition coefficient (Wildman–Crippen LogP) is 3.87. The molecule has 1 N–H and O–H groups in total. The Morgan fingerprint density at radius 2 is 1.62 bits per heavy atom. The van der Waals surface area contributed by atoms with E-state index in [1.54, 1.807) is 0 Å². The molecule has 3 aromatic rings. The van der Waals surface area contributed by atoms with Crippen LogP contribution in [0.5, 0.6) is 0 Å². The molecule has 0 unspecified atom stereocenters. The third-order valence-electron chi connectivity index (χ3n) is 5.33. The lowest BCUT2D eigenvalue weighted by atomic mass is 9.88. The smallest absolute Gasteiger partial charge is 0.250 e. The fourth-order valence-electron chi connectivity index (χ4n) is 3.88. The van der Waals surface area contributed by atoms with Crippen LogP contribution in [0.1, 0.15) is 36.0 Å². The maximum Gasteiger partial charge on any atom is 0.250 e. The molecule has 0 aromatic heterocycles. The van der Waals surface area contributed by atoms with Gasteiger partial charge in [0.2, 0.25) is 10.9 Å². The Hall–Kier alpha value is -2.68. The van der Waals surface area contributed by atoms with Gasteiger partial charge in [0.15, 0.2) is 0 Å². The monoisotopic (exact) mass is 345 g/mol. The number of benzene rings is 2. The molecular formula is C23H23NO2. The van der Waals surface area contributed by atoms with Gasteiger partial charge < -0.3 is 5.32 Å². The third kappa shape index (κ3) is 3.22.